The Morgan fingerprint density at radius 1 is 0.906 bits per heavy atom. The number of nitrogens with zero attached hydrogens (tertiary/aromatic N) is 5. The molecule has 1 aromatic carbocycles. The molecule has 8 heteroatoms. The largest absolute Gasteiger partial charge is 0.369 e. The molecule has 7 nitrogen and oxygen atoms in total. The first-order chi connectivity index (χ1) is 15.5. The van der Waals surface area contributed by atoms with Gasteiger partial charge in [-0.25, -0.2) is 4.98 Å². The van der Waals surface area contributed by atoms with E-state index in [9.17, 15) is 14.0 Å². The van der Waals surface area contributed by atoms with Crippen molar-refractivity contribution in [3.8, 4) is 0 Å². The second kappa shape index (κ2) is 8.50. The molecule has 0 radical (unpaired) electrons. The molecule has 2 aromatic rings. The smallest absolute Gasteiger partial charge is 0.255 e. The molecule has 0 spiro atoms. The van der Waals surface area contributed by atoms with E-state index in [0.717, 1.165) is 44.7 Å². The van der Waals surface area contributed by atoms with Crippen LogP contribution in [0.5, 0.6) is 0 Å². The normalized spacial score (nSPS) is 23.5. The number of amides is 2. The first kappa shape index (κ1) is 20.9. The van der Waals surface area contributed by atoms with E-state index in [-0.39, 0.29) is 23.9 Å². The summed E-state index contributed by atoms with van der Waals surface area (Å²) in [7, 11) is 2.13. The molecule has 6 rings (SSSR count). The number of hydrogen-bond acceptors (Lipinski definition) is 5. The van der Waals surface area contributed by atoms with Crippen LogP contribution in [0.4, 0.5) is 10.1 Å². The fourth-order valence-electron chi connectivity index (χ4n) is 5.06. The first-order valence-corrected chi connectivity index (χ1v) is 11.3. The Kier molecular flexibility index (Phi) is 5.55. The van der Waals surface area contributed by atoms with E-state index in [1.54, 1.807) is 0 Å². The highest BCUT2D eigenvalue weighted by Gasteiger charge is 2.43. The third-order valence-electron chi connectivity index (χ3n) is 6.99. The minimum Gasteiger partial charge on any atom is -0.369 e. The molecule has 2 bridgehead atoms. The number of anilines is 1. The van der Waals surface area contributed by atoms with E-state index in [4.69, 9.17) is 0 Å². The van der Waals surface area contributed by atoms with Crippen molar-refractivity contribution in [3.05, 3.63) is 59.7 Å². The Balaban J connectivity index is 1.29. The van der Waals surface area contributed by atoms with Crippen LogP contribution < -0.4 is 4.90 Å². The maximum absolute atomic E-state index is 13.4. The molecule has 2 atom stereocenters. The highest BCUT2D eigenvalue weighted by atomic mass is 19.1. The van der Waals surface area contributed by atoms with Gasteiger partial charge in [-0.2, -0.15) is 4.39 Å². The van der Waals surface area contributed by atoms with Crippen LogP contribution in [0.3, 0.4) is 0 Å². The van der Waals surface area contributed by atoms with Gasteiger partial charge in [0.15, 0.2) is 0 Å². The highest BCUT2D eigenvalue weighted by molar-refractivity contribution is 5.97. The van der Waals surface area contributed by atoms with Gasteiger partial charge in [0.05, 0.1) is 5.56 Å². The van der Waals surface area contributed by atoms with Gasteiger partial charge in [0.1, 0.15) is 0 Å². The summed E-state index contributed by atoms with van der Waals surface area (Å²) in [5, 5.41) is 0. The lowest BCUT2D eigenvalue weighted by molar-refractivity contribution is -0.00609. The van der Waals surface area contributed by atoms with Crippen molar-refractivity contribution < 1.29 is 14.0 Å². The zero-order chi connectivity index (χ0) is 22.2. The van der Waals surface area contributed by atoms with Gasteiger partial charge >= 0.3 is 0 Å². The van der Waals surface area contributed by atoms with Gasteiger partial charge in [-0.15, -0.1) is 0 Å². The van der Waals surface area contributed by atoms with Crippen molar-refractivity contribution in [2.24, 2.45) is 0 Å². The van der Waals surface area contributed by atoms with Gasteiger partial charge in [-0.1, -0.05) is 6.07 Å². The van der Waals surface area contributed by atoms with Crippen LogP contribution in [0.1, 0.15) is 33.6 Å². The lowest BCUT2D eigenvalue weighted by Gasteiger charge is -2.51. The minimum absolute atomic E-state index is 0.00264. The number of fused-ring (bicyclic) bond motifs is 3. The molecule has 4 aliphatic rings. The quantitative estimate of drug-likeness (QED) is 0.689. The zero-order valence-corrected chi connectivity index (χ0v) is 18.3. The monoisotopic (exact) mass is 437 g/mol. The molecule has 1 aromatic heterocycles. The molecule has 0 N–H and O–H groups in total. The molecular formula is C24H28FN5O2. The maximum Gasteiger partial charge on any atom is 0.255 e. The van der Waals surface area contributed by atoms with Crippen LogP contribution in [0.2, 0.25) is 0 Å². The number of piperazine rings is 2. The zero-order valence-electron chi connectivity index (χ0n) is 18.3. The highest BCUT2D eigenvalue weighted by Crippen LogP contribution is 2.31. The summed E-state index contributed by atoms with van der Waals surface area (Å²) in [5.41, 5.74) is 2.18. The Morgan fingerprint density at radius 3 is 2.16 bits per heavy atom. The summed E-state index contributed by atoms with van der Waals surface area (Å²) in [6, 6.07) is 10.6. The Labute approximate surface area is 187 Å². The molecule has 4 saturated heterocycles. The van der Waals surface area contributed by atoms with Crippen LogP contribution >= 0.6 is 0 Å². The van der Waals surface area contributed by atoms with E-state index in [2.05, 4.69) is 27.9 Å². The van der Waals surface area contributed by atoms with Crippen molar-refractivity contribution in [2.75, 3.05) is 51.2 Å². The first-order valence-electron chi connectivity index (χ1n) is 11.3. The number of benzene rings is 1. The third kappa shape index (κ3) is 3.95. The minimum atomic E-state index is -0.600. The van der Waals surface area contributed by atoms with E-state index >= 15 is 0 Å². The lowest BCUT2D eigenvalue weighted by Crippen LogP contribution is -2.65. The second-order valence-corrected chi connectivity index (χ2v) is 9.01. The van der Waals surface area contributed by atoms with Crippen molar-refractivity contribution >= 4 is 17.5 Å². The second-order valence-electron chi connectivity index (χ2n) is 9.01. The molecule has 2 amide bonds. The number of carbonyl (C=O) groups is 2. The molecule has 4 fully saturated rings. The van der Waals surface area contributed by atoms with Crippen molar-refractivity contribution in [3.63, 3.8) is 0 Å². The molecule has 2 unspecified atom stereocenters. The average Bonchev–Trinajstić information content (AvgIpc) is 2.84. The molecule has 5 heterocycles. The van der Waals surface area contributed by atoms with E-state index < -0.39 is 5.95 Å². The number of likely N-dealkylation sites (N-methyl/N-ethyl adjacent to an activating group) is 1. The van der Waals surface area contributed by atoms with Gasteiger partial charge in [0.2, 0.25) is 5.95 Å². The van der Waals surface area contributed by atoms with Crippen LogP contribution in [0.25, 0.3) is 0 Å². The van der Waals surface area contributed by atoms with Crippen molar-refractivity contribution in [1.29, 1.82) is 0 Å². The van der Waals surface area contributed by atoms with Gasteiger partial charge in [0, 0.05) is 68.8 Å². The van der Waals surface area contributed by atoms with Crippen LogP contribution in [0.15, 0.2) is 42.6 Å². The molecule has 0 saturated carbocycles. The van der Waals surface area contributed by atoms with Crippen molar-refractivity contribution in [1.82, 2.24) is 19.7 Å². The van der Waals surface area contributed by atoms with E-state index in [1.165, 1.54) is 18.3 Å². The standard InChI is InChI=1S/C24H28FN5O2/c1-27-9-11-28(12-10-27)19-4-2-3-17(13-19)23(31)29-15-21-7-6-20(29)16-30(21)24(32)18-5-8-22(25)26-14-18/h2-5,8,13-14,20-21H,6-7,9-12,15-16H2,1H3. The van der Waals surface area contributed by atoms with Gasteiger partial charge in [-0.3, -0.25) is 9.59 Å². The van der Waals surface area contributed by atoms with Crippen LogP contribution in [-0.4, -0.2) is 89.9 Å². The number of hydrogen-bond donors (Lipinski definition) is 0. The summed E-state index contributed by atoms with van der Waals surface area (Å²) < 4.78 is 13.1. The number of rotatable bonds is 3. The molecular weight excluding hydrogens is 409 g/mol. The predicted octanol–water partition coefficient (Wildman–Crippen LogP) is 2.10. The summed E-state index contributed by atoms with van der Waals surface area (Å²) in [6.45, 7) is 4.98. The van der Waals surface area contributed by atoms with Crippen LogP contribution in [-0.2, 0) is 0 Å². The number of halogens is 1. The fourth-order valence-corrected chi connectivity index (χ4v) is 5.06. The number of aromatic nitrogens is 1. The van der Waals surface area contributed by atoms with E-state index in [0.29, 0.717) is 24.2 Å². The molecule has 32 heavy (non-hydrogen) atoms. The molecule has 168 valence electrons. The SMILES string of the molecule is CN1CCN(c2cccc(C(=O)N3CC4CCC3CN4C(=O)c3ccc(F)nc3)c2)CC1. The number of piperidine rings is 2. The lowest BCUT2D eigenvalue weighted by atomic mass is 9.89. The van der Waals surface area contributed by atoms with Gasteiger partial charge in [0.25, 0.3) is 11.8 Å². The summed E-state index contributed by atoms with van der Waals surface area (Å²) in [4.78, 5) is 38.4. The molecule has 4 aliphatic heterocycles. The average molecular weight is 438 g/mol. The Morgan fingerprint density at radius 2 is 1.56 bits per heavy atom. The van der Waals surface area contributed by atoms with Gasteiger partial charge < -0.3 is 19.6 Å². The van der Waals surface area contributed by atoms with Crippen molar-refractivity contribution in [2.45, 2.75) is 24.9 Å². The maximum atomic E-state index is 13.4. The third-order valence-corrected chi connectivity index (χ3v) is 6.99. The Bertz CT molecular complexity index is 1010. The summed E-state index contributed by atoms with van der Waals surface area (Å²) in [5.74, 6) is -0.708. The fraction of sp³-hybridized carbons (Fsp3) is 0.458. The number of carbonyl (C=O) groups excluding carboxylic acids is 2. The summed E-state index contributed by atoms with van der Waals surface area (Å²) >= 11 is 0. The van der Waals surface area contributed by atoms with Gasteiger partial charge in [-0.05, 0) is 50.2 Å². The topological polar surface area (TPSA) is 60.0 Å². The van der Waals surface area contributed by atoms with E-state index in [1.807, 2.05) is 28.0 Å². The Hall–Kier alpha value is -3.00. The predicted molar refractivity (Wildman–Crippen MR) is 119 cm³/mol. The number of pyridine rings is 1. The summed E-state index contributed by atoms with van der Waals surface area (Å²) in [6.07, 6.45) is 3.04. The van der Waals surface area contributed by atoms with Crippen LogP contribution in [0, 0.1) is 5.95 Å². The molecule has 0 aliphatic carbocycles.